The Balaban J connectivity index is 2.01. The number of benzene rings is 2. The molecule has 1 amide bonds. The molecule has 138 valence electrons. The lowest BCUT2D eigenvalue weighted by Gasteiger charge is -2.08. The Morgan fingerprint density at radius 3 is 2.46 bits per heavy atom. The van der Waals surface area contributed by atoms with Crippen LogP contribution in [0.3, 0.4) is 0 Å². The molecule has 2 rings (SSSR count). The van der Waals surface area contributed by atoms with Gasteiger partial charge in [-0.05, 0) is 48.4 Å². The number of methoxy groups -OCH3 is 1. The lowest BCUT2D eigenvalue weighted by Crippen LogP contribution is -2.20. The Morgan fingerprint density at radius 2 is 1.85 bits per heavy atom. The smallest absolute Gasteiger partial charge is 0.244 e. The third-order valence-electron chi connectivity index (χ3n) is 3.32. The molecule has 0 heterocycles. The van der Waals surface area contributed by atoms with E-state index >= 15 is 0 Å². The van der Waals surface area contributed by atoms with Gasteiger partial charge in [-0.25, -0.2) is 5.43 Å². The molecule has 1 N–H and O–H groups in total. The standard InChI is InChI=1S/C18H17Cl3N2O3/c1-3-26-18-15(20)6-11(7-16(18)21)10-22-23-17(24)9-12-8-13(25-2)4-5-14(12)19/h4-8,10H,3,9H2,1-2H3,(H,23,24)/b22-10+. The van der Waals surface area contributed by atoms with Crippen LogP contribution in [0.5, 0.6) is 11.5 Å². The molecule has 0 spiro atoms. The predicted molar refractivity (Wildman–Crippen MR) is 105 cm³/mol. The maximum absolute atomic E-state index is 12.0. The zero-order valence-corrected chi connectivity index (χ0v) is 16.5. The topological polar surface area (TPSA) is 59.9 Å². The zero-order chi connectivity index (χ0) is 19.1. The summed E-state index contributed by atoms with van der Waals surface area (Å²) in [5.74, 6) is 0.726. The van der Waals surface area contributed by atoms with E-state index in [0.717, 1.165) is 0 Å². The van der Waals surface area contributed by atoms with Gasteiger partial charge in [0.25, 0.3) is 0 Å². The van der Waals surface area contributed by atoms with Crippen LogP contribution < -0.4 is 14.9 Å². The van der Waals surface area contributed by atoms with Crippen molar-refractivity contribution in [3.05, 3.63) is 56.5 Å². The first-order valence-electron chi connectivity index (χ1n) is 7.70. The highest BCUT2D eigenvalue weighted by Gasteiger charge is 2.10. The van der Waals surface area contributed by atoms with E-state index in [1.807, 2.05) is 6.92 Å². The minimum Gasteiger partial charge on any atom is -0.497 e. The molecule has 26 heavy (non-hydrogen) atoms. The van der Waals surface area contributed by atoms with Crippen molar-refractivity contribution < 1.29 is 14.3 Å². The van der Waals surface area contributed by atoms with Gasteiger partial charge in [0.1, 0.15) is 5.75 Å². The molecule has 0 aliphatic heterocycles. The molecule has 0 saturated heterocycles. The lowest BCUT2D eigenvalue weighted by molar-refractivity contribution is -0.120. The Hall–Kier alpha value is -1.95. The van der Waals surface area contributed by atoms with Gasteiger partial charge in [-0.15, -0.1) is 0 Å². The molecule has 0 unspecified atom stereocenters. The fourth-order valence-corrected chi connectivity index (χ4v) is 2.94. The summed E-state index contributed by atoms with van der Waals surface area (Å²) in [6.07, 6.45) is 1.51. The molecule has 0 fully saturated rings. The normalized spacial score (nSPS) is 10.8. The minimum absolute atomic E-state index is 0.0676. The number of ether oxygens (including phenoxy) is 2. The van der Waals surface area contributed by atoms with E-state index in [2.05, 4.69) is 10.5 Å². The number of hydrazone groups is 1. The van der Waals surface area contributed by atoms with Crippen LogP contribution in [0.4, 0.5) is 0 Å². The second kappa shape index (κ2) is 9.67. The van der Waals surface area contributed by atoms with Crippen molar-refractivity contribution in [1.29, 1.82) is 0 Å². The molecule has 0 aromatic heterocycles. The van der Waals surface area contributed by atoms with Crippen molar-refractivity contribution in [2.24, 2.45) is 5.10 Å². The summed E-state index contributed by atoms with van der Waals surface area (Å²) >= 11 is 18.3. The van der Waals surface area contributed by atoms with Crippen LogP contribution in [0.15, 0.2) is 35.4 Å². The van der Waals surface area contributed by atoms with Gasteiger partial charge in [0.2, 0.25) is 5.91 Å². The third kappa shape index (κ3) is 5.53. The highest BCUT2D eigenvalue weighted by atomic mass is 35.5. The second-order valence-corrected chi connectivity index (χ2v) is 6.40. The summed E-state index contributed by atoms with van der Waals surface area (Å²) in [5.41, 5.74) is 3.71. The van der Waals surface area contributed by atoms with Gasteiger partial charge in [-0.1, -0.05) is 34.8 Å². The molecule has 0 bridgehead atoms. The summed E-state index contributed by atoms with van der Waals surface area (Å²) in [6, 6.07) is 8.40. The van der Waals surface area contributed by atoms with Gasteiger partial charge in [-0.2, -0.15) is 5.10 Å². The fourth-order valence-electron chi connectivity index (χ4n) is 2.14. The quantitative estimate of drug-likeness (QED) is 0.524. The number of amides is 1. The van der Waals surface area contributed by atoms with Crippen LogP contribution in [-0.4, -0.2) is 25.8 Å². The lowest BCUT2D eigenvalue weighted by atomic mass is 10.1. The third-order valence-corrected chi connectivity index (χ3v) is 4.25. The highest BCUT2D eigenvalue weighted by molar-refractivity contribution is 6.37. The molecular weight excluding hydrogens is 399 g/mol. The van der Waals surface area contributed by atoms with Crippen molar-refractivity contribution in [3.63, 3.8) is 0 Å². The number of halogens is 3. The van der Waals surface area contributed by atoms with Crippen LogP contribution in [0.25, 0.3) is 0 Å². The first-order chi connectivity index (χ1) is 12.4. The van der Waals surface area contributed by atoms with Crippen molar-refractivity contribution in [3.8, 4) is 11.5 Å². The minimum atomic E-state index is -0.320. The van der Waals surface area contributed by atoms with E-state index in [-0.39, 0.29) is 12.3 Å². The van der Waals surface area contributed by atoms with Crippen molar-refractivity contribution in [2.45, 2.75) is 13.3 Å². The van der Waals surface area contributed by atoms with Crippen LogP contribution >= 0.6 is 34.8 Å². The summed E-state index contributed by atoms with van der Waals surface area (Å²) < 4.78 is 10.5. The number of hydrogen-bond donors (Lipinski definition) is 1. The number of carbonyl (C=O) groups is 1. The van der Waals surface area contributed by atoms with Gasteiger partial charge in [-0.3, -0.25) is 4.79 Å². The molecule has 2 aromatic rings. The SMILES string of the molecule is CCOc1c(Cl)cc(/C=N/NC(=O)Cc2cc(OC)ccc2Cl)cc1Cl. The largest absolute Gasteiger partial charge is 0.497 e. The number of nitrogens with one attached hydrogen (secondary N) is 1. The van der Waals surface area contributed by atoms with E-state index in [0.29, 0.717) is 44.3 Å². The fraction of sp³-hybridized carbons (Fsp3) is 0.222. The average molecular weight is 416 g/mol. The van der Waals surface area contributed by atoms with Crippen LogP contribution in [0.2, 0.25) is 15.1 Å². The van der Waals surface area contributed by atoms with Gasteiger partial charge in [0.05, 0.1) is 36.4 Å². The zero-order valence-electron chi connectivity index (χ0n) is 14.2. The number of carbonyl (C=O) groups excluding carboxylic acids is 1. The summed E-state index contributed by atoms with van der Waals surface area (Å²) in [7, 11) is 1.55. The molecular formula is C18H17Cl3N2O3. The molecule has 0 atom stereocenters. The van der Waals surface area contributed by atoms with Crippen LogP contribution in [0, 0.1) is 0 Å². The average Bonchev–Trinajstić information content (AvgIpc) is 2.60. The number of hydrogen-bond acceptors (Lipinski definition) is 4. The first-order valence-corrected chi connectivity index (χ1v) is 8.84. The molecule has 5 nitrogen and oxygen atoms in total. The van der Waals surface area contributed by atoms with Gasteiger partial charge < -0.3 is 9.47 Å². The second-order valence-electron chi connectivity index (χ2n) is 5.17. The van der Waals surface area contributed by atoms with E-state index < -0.39 is 0 Å². The first kappa shape index (κ1) is 20.4. The molecule has 8 heteroatoms. The number of rotatable bonds is 7. The van der Waals surface area contributed by atoms with E-state index in [1.165, 1.54) is 6.21 Å². The Bertz CT molecular complexity index is 802. The van der Waals surface area contributed by atoms with Crippen molar-refractivity contribution in [2.75, 3.05) is 13.7 Å². The van der Waals surface area contributed by atoms with Crippen LogP contribution in [0.1, 0.15) is 18.1 Å². The van der Waals surface area contributed by atoms with E-state index in [1.54, 1.807) is 37.4 Å². The molecule has 0 radical (unpaired) electrons. The maximum atomic E-state index is 12.0. The maximum Gasteiger partial charge on any atom is 0.244 e. The summed E-state index contributed by atoms with van der Waals surface area (Å²) in [4.78, 5) is 12.0. The van der Waals surface area contributed by atoms with Crippen molar-refractivity contribution >= 4 is 46.9 Å². The Morgan fingerprint density at radius 1 is 1.15 bits per heavy atom. The summed E-state index contributed by atoms with van der Waals surface area (Å²) in [5, 5.41) is 5.13. The predicted octanol–water partition coefficient (Wildman–Crippen LogP) is 4.75. The summed E-state index contributed by atoms with van der Waals surface area (Å²) in [6.45, 7) is 2.29. The Labute approximate surface area is 166 Å². The Kier molecular flexibility index (Phi) is 7.57. The highest BCUT2D eigenvalue weighted by Crippen LogP contribution is 2.33. The van der Waals surface area contributed by atoms with Crippen LogP contribution in [-0.2, 0) is 11.2 Å². The molecule has 2 aromatic carbocycles. The molecule has 0 aliphatic carbocycles. The monoisotopic (exact) mass is 414 g/mol. The number of nitrogens with zero attached hydrogens (tertiary/aromatic N) is 1. The molecule has 0 aliphatic rings. The molecule has 0 saturated carbocycles. The van der Waals surface area contributed by atoms with Gasteiger partial charge >= 0.3 is 0 Å². The van der Waals surface area contributed by atoms with Gasteiger partial charge in [0.15, 0.2) is 5.75 Å². The van der Waals surface area contributed by atoms with Gasteiger partial charge in [0, 0.05) is 5.02 Å². The van der Waals surface area contributed by atoms with E-state index in [9.17, 15) is 4.79 Å². The van der Waals surface area contributed by atoms with E-state index in [4.69, 9.17) is 44.3 Å². The van der Waals surface area contributed by atoms with Crippen molar-refractivity contribution in [1.82, 2.24) is 5.43 Å².